The van der Waals surface area contributed by atoms with Gasteiger partial charge >= 0.3 is 5.97 Å². The Morgan fingerprint density at radius 1 is 1.30 bits per heavy atom. The molecule has 0 aliphatic carbocycles. The van der Waals surface area contributed by atoms with Gasteiger partial charge in [0.2, 0.25) is 0 Å². The van der Waals surface area contributed by atoms with Crippen molar-refractivity contribution in [2.24, 2.45) is 0 Å². The molecule has 1 atom stereocenters. The summed E-state index contributed by atoms with van der Waals surface area (Å²) in [5, 5.41) is 12.0. The summed E-state index contributed by atoms with van der Waals surface area (Å²) in [6.07, 6.45) is 1.34. The predicted molar refractivity (Wildman–Crippen MR) is 72.9 cm³/mol. The van der Waals surface area contributed by atoms with Gasteiger partial charge in [-0.05, 0) is 36.8 Å². The molecule has 0 saturated heterocycles. The van der Waals surface area contributed by atoms with E-state index >= 15 is 0 Å². The van der Waals surface area contributed by atoms with Gasteiger partial charge in [-0.1, -0.05) is 12.1 Å². The number of aromatic carboxylic acids is 1. The predicted octanol–water partition coefficient (Wildman–Crippen LogP) is 2.77. The molecule has 20 heavy (non-hydrogen) atoms. The molecule has 4 nitrogen and oxygen atoms in total. The molecular weight excluding hydrogens is 259 g/mol. The summed E-state index contributed by atoms with van der Waals surface area (Å²) < 4.78 is 12.8. The zero-order valence-electron chi connectivity index (χ0n) is 11.0. The average molecular weight is 274 g/mol. The number of carboxylic acids is 1. The fourth-order valence-electron chi connectivity index (χ4n) is 1.78. The van der Waals surface area contributed by atoms with Crippen molar-refractivity contribution in [3.05, 3.63) is 65.2 Å². The monoisotopic (exact) mass is 274 g/mol. The molecule has 0 fully saturated rings. The number of pyridine rings is 1. The van der Waals surface area contributed by atoms with Gasteiger partial charge in [-0.2, -0.15) is 0 Å². The minimum atomic E-state index is -0.989. The molecule has 2 aromatic rings. The molecule has 0 radical (unpaired) electrons. The Morgan fingerprint density at radius 2 is 2.00 bits per heavy atom. The summed E-state index contributed by atoms with van der Waals surface area (Å²) in [5.74, 6) is -1.25. The van der Waals surface area contributed by atoms with Crippen LogP contribution in [0.5, 0.6) is 0 Å². The number of benzene rings is 1. The molecule has 0 saturated carbocycles. The van der Waals surface area contributed by atoms with E-state index in [0.717, 1.165) is 11.3 Å². The highest BCUT2D eigenvalue weighted by Crippen LogP contribution is 2.13. The van der Waals surface area contributed by atoms with Gasteiger partial charge in [-0.15, -0.1) is 0 Å². The second kappa shape index (κ2) is 6.25. The van der Waals surface area contributed by atoms with E-state index in [1.54, 1.807) is 18.2 Å². The summed E-state index contributed by atoms with van der Waals surface area (Å²) in [6.45, 7) is 2.48. The van der Waals surface area contributed by atoms with E-state index in [2.05, 4.69) is 10.3 Å². The maximum absolute atomic E-state index is 12.8. The van der Waals surface area contributed by atoms with Gasteiger partial charge in [-0.3, -0.25) is 4.98 Å². The zero-order valence-corrected chi connectivity index (χ0v) is 11.0. The summed E-state index contributed by atoms with van der Waals surface area (Å²) in [7, 11) is 0. The third-order valence-electron chi connectivity index (χ3n) is 3.03. The van der Waals surface area contributed by atoms with E-state index in [1.807, 2.05) is 6.92 Å². The first kappa shape index (κ1) is 14.1. The Bertz CT molecular complexity index is 582. The quantitative estimate of drug-likeness (QED) is 0.880. The van der Waals surface area contributed by atoms with Gasteiger partial charge in [0, 0.05) is 18.8 Å². The summed E-state index contributed by atoms with van der Waals surface area (Å²) in [4.78, 5) is 14.8. The van der Waals surface area contributed by atoms with Crippen LogP contribution in [-0.4, -0.2) is 16.1 Å². The van der Waals surface area contributed by atoms with Crippen molar-refractivity contribution in [3.63, 3.8) is 0 Å². The van der Waals surface area contributed by atoms with E-state index in [1.165, 1.54) is 24.4 Å². The molecule has 2 rings (SSSR count). The molecular formula is C15H15FN2O2. The van der Waals surface area contributed by atoms with Crippen LogP contribution in [0.4, 0.5) is 4.39 Å². The third kappa shape index (κ3) is 3.61. The number of nitrogens with one attached hydrogen (secondary N) is 1. The van der Waals surface area contributed by atoms with Crippen LogP contribution in [0, 0.1) is 5.82 Å². The molecule has 0 aliphatic rings. The van der Waals surface area contributed by atoms with Crippen molar-refractivity contribution in [2.45, 2.75) is 19.5 Å². The zero-order chi connectivity index (χ0) is 14.5. The second-order valence-electron chi connectivity index (χ2n) is 4.50. The number of aromatic nitrogens is 1. The summed E-state index contributed by atoms with van der Waals surface area (Å²) in [5.41, 5.74) is 1.90. The van der Waals surface area contributed by atoms with Gasteiger partial charge < -0.3 is 10.4 Å². The van der Waals surface area contributed by atoms with Gasteiger partial charge in [0.15, 0.2) is 0 Å². The van der Waals surface area contributed by atoms with Crippen LogP contribution in [0.15, 0.2) is 42.6 Å². The van der Waals surface area contributed by atoms with Crippen LogP contribution in [0.25, 0.3) is 0 Å². The Labute approximate surface area is 116 Å². The van der Waals surface area contributed by atoms with Crippen molar-refractivity contribution < 1.29 is 14.3 Å². The molecule has 0 amide bonds. The molecule has 1 aromatic carbocycles. The van der Waals surface area contributed by atoms with Crippen molar-refractivity contribution in [3.8, 4) is 0 Å². The van der Waals surface area contributed by atoms with Crippen LogP contribution in [0.2, 0.25) is 0 Å². The highest BCUT2D eigenvalue weighted by molar-refractivity contribution is 5.87. The first-order valence-electron chi connectivity index (χ1n) is 6.23. The molecule has 5 heteroatoms. The van der Waals surface area contributed by atoms with Crippen molar-refractivity contribution in [1.29, 1.82) is 0 Å². The van der Waals surface area contributed by atoms with E-state index in [-0.39, 0.29) is 17.4 Å². The maximum Gasteiger partial charge on any atom is 0.337 e. The lowest BCUT2D eigenvalue weighted by Gasteiger charge is -2.14. The molecule has 2 N–H and O–H groups in total. The average Bonchev–Trinajstić information content (AvgIpc) is 2.46. The number of nitrogens with zero attached hydrogens (tertiary/aromatic N) is 1. The number of carbonyl (C=O) groups is 1. The Hall–Kier alpha value is -2.27. The summed E-state index contributed by atoms with van der Waals surface area (Å²) in [6, 6.07) is 9.56. The number of rotatable bonds is 5. The van der Waals surface area contributed by atoms with E-state index in [0.29, 0.717) is 6.54 Å². The molecule has 0 bridgehead atoms. The number of hydrogen-bond donors (Lipinski definition) is 2. The highest BCUT2D eigenvalue weighted by Gasteiger charge is 2.06. The molecule has 1 unspecified atom stereocenters. The normalized spacial score (nSPS) is 12.1. The van der Waals surface area contributed by atoms with E-state index in [4.69, 9.17) is 5.11 Å². The van der Waals surface area contributed by atoms with Crippen LogP contribution in [-0.2, 0) is 6.54 Å². The van der Waals surface area contributed by atoms with Crippen LogP contribution < -0.4 is 5.32 Å². The standard InChI is InChI=1S/C15H15FN2O2/c1-10(11-2-5-13(16)6-3-11)17-9-14-7-4-12(8-18-14)15(19)20/h2-8,10,17H,9H2,1H3,(H,19,20). The third-order valence-corrected chi connectivity index (χ3v) is 3.03. The highest BCUT2D eigenvalue weighted by atomic mass is 19.1. The number of hydrogen-bond acceptors (Lipinski definition) is 3. The van der Waals surface area contributed by atoms with Gasteiger partial charge in [0.05, 0.1) is 11.3 Å². The smallest absolute Gasteiger partial charge is 0.337 e. The van der Waals surface area contributed by atoms with Gasteiger partial charge in [0.25, 0.3) is 0 Å². The van der Waals surface area contributed by atoms with Crippen molar-refractivity contribution in [2.75, 3.05) is 0 Å². The van der Waals surface area contributed by atoms with Crippen LogP contribution >= 0.6 is 0 Å². The molecule has 0 aliphatic heterocycles. The lowest BCUT2D eigenvalue weighted by atomic mass is 10.1. The minimum absolute atomic E-state index is 0.0524. The minimum Gasteiger partial charge on any atom is -0.478 e. The Kier molecular flexibility index (Phi) is 4.42. The molecule has 1 aromatic heterocycles. The number of carboxylic acid groups (broad SMARTS) is 1. The molecule has 0 spiro atoms. The fourth-order valence-corrected chi connectivity index (χ4v) is 1.78. The van der Waals surface area contributed by atoms with E-state index in [9.17, 15) is 9.18 Å². The molecule has 104 valence electrons. The largest absolute Gasteiger partial charge is 0.478 e. The topological polar surface area (TPSA) is 62.2 Å². The van der Waals surface area contributed by atoms with Crippen LogP contribution in [0.3, 0.4) is 0 Å². The molecule has 1 heterocycles. The SMILES string of the molecule is CC(NCc1ccc(C(=O)O)cn1)c1ccc(F)cc1. The Morgan fingerprint density at radius 3 is 2.55 bits per heavy atom. The fraction of sp³-hybridized carbons (Fsp3) is 0.200. The van der Waals surface area contributed by atoms with Crippen molar-refractivity contribution in [1.82, 2.24) is 10.3 Å². The van der Waals surface area contributed by atoms with Crippen molar-refractivity contribution >= 4 is 5.97 Å². The lowest BCUT2D eigenvalue weighted by molar-refractivity contribution is 0.0696. The van der Waals surface area contributed by atoms with Crippen LogP contribution in [0.1, 0.15) is 34.6 Å². The first-order chi connectivity index (χ1) is 9.56. The van der Waals surface area contributed by atoms with Gasteiger partial charge in [-0.25, -0.2) is 9.18 Å². The second-order valence-corrected chi connectivity index (χ2v) is 4.50. The maximum atomic E-state index is 12.8. The lowest BCUT2D eigenvalue weighted by Crippen LogP contribution is -2.18. The summed E-state index contributed by atoms with van der Waals surface area (Å²) >= 11 is 0. The number of halogens is 1. The van der Waals surface area contributed by atoms with Gasteiger partial charge in [0.1, 0.15) is 5.82 Å². The Balaban J connectivity index is 1.94. The van der Waals surface area contributed by atoms with E-state index < -0.39 is 5.97 Å². The first-order valence-corrected chi connectivity index (χ1v) is 6.23.